The van der Waals surface area contributed by atoms with E-state index in [0.29, 0.717) is 39.0 Å². The Morgan fingerprint density at radius 1 is 1.33 bits per heavy atom. The number of carboxylic acid groups (broad SMARTS) is 1. The number of ether oxygens (including phenoxy) is 1. The fourth-order valence-corrected chi connectivity index (χ4v) is 2.44. The molecule has 1 saturated heterocycles. The number of esters is 1. The Morgan fingerprint density at radius 3 is 2.39 bits per heavy atom. The van der Waals surface area contributed by atoms with E-state index < -0.39 is 12.0 Å². The van der Waals surface area contributed by atoms with Crippen LogP contribution in [-0.2, 0) is 14.3 Å². The maximum atomic E-state index is 11.6. The maximum Gasteiger partial charge on any atom is 0.320 e. The van der Waals surface area contributed by atoms with Crippen LogP contribution >= 0.6 is 0 Å². The van der Waals surface area contributed by atoms with E-state index >= 15 is 0 Å². The van der Waals surface area contributed by atoms with Gasteiger partial charge in [-0.25, -0.2) is 0 Å². The van der Waals surface area contributed by atoms with E-state index in [1.165, 1.54) is 0 Å². The third kappa shape index (κ3) is 3.98. The Kier molecular flexibility index (Phi) is 6.12. The Labute approximate surface area is 108 Å². The topological polar surface area (TPSA) is 66.8 Å². The molecule has 0 spiro atoms. The van der Waals surface area contributed by atoms with Crippen molar-refractivity contribution in [2.24, 2.45) is 5.92 Å². The average molecular weight is 257 g/mol. The predicted octanol–water partition coefficient (Wildman–Crippen LogP) is 1.51. The van der Waals surface area contributed by atoms with Crippen molar-refractivity contribution in [3.63, 3.8) is 0 Å². The molecule has 1 aliphatic rings. The lowest BCUT2D eigenvalue weighted by atomic mass is 9.95. The summed E-state index contributed by atoms with van der Waals surface area (Å²) in [6.45, 7) is 5.53. The summed E-state index contributed by atoms with van der Waals surface area (Å²) in [6, 6.07) is -0.404. The minimum Gasteiger partial charge on any atom is -0.480 e. The Balaban J connectivity index is 2.46. The number of nitrogens with zero attached hydrogens (tertiary/aromatic N) is 1. The fraction of sp³-hybridized carbons (Fsp3) is 0.846. The van der Waals surface area contributed by atoms with Crippen LogP contribution < -0.4 is 0 Å². The highest BCUT2D eigenvalue weighted by Crippen LogP contribution is 2.21. The molecule has 0 saturated carbocycles. The third-order valence-corrected chi connectivity index (χ3v) is 3.44. The van der Waals surface area contributed by atoms with Crippen LogP contribution in [0.4, 0.5) is 0 Å². The standard InChI is InChI=1S/C13H23NO4/c1-3-5-11(12(15)16)14-8-6-10(7-9-14)13(17)18-4-2/h10-11H,3-9H2,1-2H3,(H,15,16). The van der Waals surface area contributed by atoms with Crippen molar-refractivity contribution in [2.45, 2.75) is 45.6 Å². The van der Waals surface area contributed by atoms with Crippen molar-refractivity contribution >= 4 is 11.9 Å². The Morgan fingerprint density at radius 2 is 1.94 bits per heavy atom. The van der Waals surface area contributed by atoms with Gasteiger partial charge in [-0.05, 0) is 39.3 Å². The van der Waals surface area contributed by atoms with Crippen LogP contribution in [0.2, 0.25) is 0 Å². The molecule has 0 aromatic rings. The first-order valence-electron chi connectivity index (χ1n) is 6.73. The fourth-order valence-electron chi connectivity index (χ4n) is 2.44. The average Bonchev–Trinajstić information content (AvgIpc) is 2.36. The molecule has 1 aliphatic heterocycles. The summed E-state index contributed by atoms with van der Waals surface area (Å²) in [5.41, 5.74) is 0. The van der Waals surface area contributed by atoms with Gasteiger partial charge >= 0.3 is 11.9 Å². The molecule has 104 valence electrons. The molecule has 18 heavy (non-hydrogen) atoms. The molecule has 5 heteroatoms. The molecule has 0 bridgehead atoms. The highest BCUT2D eigenvalue weighted by molar-refractivity contribution is 5.74. The second kappa shape index (κ2) is 7.36. The summed E-state index contributed by atoms with van der Waals surface area (Å²) in [5.74, 6) is -0.955. The first-order valence-corrected chi connectivity index (χ1v) is 6.73. The van der Waals surface area contributed by atoms with Crippen molar-refractivity contribution in [2.75, 3.05) is 19.7 Å². The largest absolute Gasteiger partial charge is 0.480 e. The normalized spacial score (nSPS) is 19.4. The van der Waals surface area contributed by atoms with Gasteiger partial charge in [0, 0.05) is 0 Å². The molecular formula is C13H23NO4. The SMILES string of the molecule is CCCC(C(=O)O)N1CCC(C(=O)OCC)CC1. The van der Waals surface area contributed by atoms with Crippen LogP contribution in [0.15, 0.2) is 0 Å². The van der Waals surface area contributed by atoms with Gasteiger partial charge in [0.25, 0.3) is 0 Å². The van der Waals surface area contributed by atoms with Gasteiger partial charge in [-0.3, -0.25) is 14.5 Å². The smallest absolute Gasteiger partial charge is 0.320 e. The second-order valence-electron chi connectivity index (χ2n) is 4.71. The molecule has 1 heterocycles. The lowest BCUT2D eigenvalue weighted by molar-refractivity contribution is -0.150. The van der Waals surface area contributed by atoms with Crippen molar-refractivity contribution in [1.82, 2.24) is 4.90 Å². The number of carbonyl (C=O) groups is 2. The van der Waals surface area contributed by atoms with Crippen molar-refractivity contribution in [3.05, 3.63) is 0 Å². The molecule has 0 amide bonds. The van der Waals surface area contributed by atoms with Crippen molar-refractivity contribution in [1.29, 1.82) is 0 Å². The number of hydrogen-bond acceptors (Lipinski definition) is 4. The highest BCUT2D eigenvalue weighted by Gasteiger charge is 2.31. The first kappa shape index (κ1) is 15.0. The monoisotopic (exact) mass is 257 g/mol. The number of rotatable bonds is 6. The van der Waals surface area contributed by atoms with Gasteiger partial charge in [0.05, 0.1) is 12.5 Å². The van der Waals surface area contributed by atoms with E-state index in [9.17, 15) is 14.7 Å². The summed E-state index contributed by atoms with van der Waals surface area (Å²) in [7, 11) is 0. The van der Waals surface area contributed by atoms with Crippen LogP contribution in [0, 0.1) is 5.92 Å². The summed E-state index contributed by atoms with van der Waals surface area (Å²) >= 11 is 0. The first-order chi connectivity index (χ1) is 8.60. The van der Waals surface area contributed by atoms with Gasteiger partial charge in [-0.2, -0.15) is 0 Å². The van der Waals surface area contributed by atoms with Gasteiger partial charge in [-0.15, -0.1) is 0 Å². The minimum atomic E-state index is -0.758. The van der Waals surface area contributed by atoms with Gasteiger partial charge < -0.3 is 9.84 Å². The number of piperidine rings is 1. The van der Waals surface area contributed by atoms with Gasteiger partial charge in [0.15, 0.2) is 0 Å². The van der Waals surface area contributed by atoms with Gasteiger partial charge in [0.2, 0.25) is 0 Å². The molecular weight excluding hydrogens is 234 g/mol. The van der Waals surface area contributed by atoms with E-state index in [1.807, 2.05) is 11.8 Å². The van der Waals surface area contributed by atoms with E-state index in [2.05, 4.69) is 0 Å². The highest BCUT2D eigenvalue weighted by atomic mass is 16.5. The number of likely N-dealkylation sites (tertiary alicyclic amines) is 1. The lowest BCUT2D eigenvalue weighted by Crippen LogP contribution is -2.46. The summed E-state index contributed by atoms with van der Waals surface area (Å²) in [4.78, 5) is 24.7. The Bertz CT molecular complexity index is 285. The number of carboxylic acids is 1. The molecule has 0 aromatic heterocycles. The molecule has 0 aliphatic carbocycles. The van der Waals surface area contributed by atoms with Crippen LogP contribution in [0.3, 0.4) is 0 Å². The van der Waals surface area contributed by atoms with E-state index in [1.54, 1.807) is 6.92 Å². The summed E-state index contributed by atoms with van der Waals surface area (Å²) in [6.07, 6.45) is 2.92. The molecule has 1 unspecified atom stereocenters. The van der Waals surface area contributed by atoms with E-state index in [0.717, 1.165) is 6.42 Å². The summed E-state index contributed by atoms with van der Waals surface area (Å²) < 4.78 is 5.00. The van der Waals surface area contributed by atoms with E-state index in [-0.39, 0.29) is 11.9 Å². The molecule has 0 radical (unpaired) electrons. The van der Waals surface area contributed by atoms with Crippen molar-refractivity contribution in [3.8, 4) is 0 Å². The zero-order valence-electron chi connectivity index (χ0n) is 11.2. The van der Waals surface area contributed by atoms with Gasteiger partial charge in [-0.1, -0.05) is 13.3 Å². The van der Waals surface area contributed by atoms with Crippen LogP contribution in [-0.4, -0.2) is 47.7 Å². The number of hydrogen-bond donors (Lipinski definition) is 1. The molecule has 1 N–H and O–H groups in total. The molecule has 0 aromatic carbocycles. The molecule has 1 atom stereocenters. The number of aliphatic carboxylic acids is 1. The van der Waals surface area contributed by atoms with Crippen LogP contribution in [0.1, 0.15) is 39.5 Å². The minimum absolute atomic E-state index is 0.0581. The zero-order valence-corrected chi connectivity index (χ0v) is 11.2. The van der Waals surface area contributed by atoms with Crippen LogP contribution in [0.25, 0.3) is 0 Å². The third-order valence-electron chi connectivity index (χ3n) is 3.44. The second-order valence-corrected chi connectivity index (χ2v) is 4.71. The maximum absolute atomic E-state index is 11.6. The lowest BCUT2D eigenvalue weighted by Gasteiger charge is -2.34. The predicted molar refractivity (Wildman–Crippen MR) is 67.3 cm³/mol. The van der Waals surface area contributed by atoms with Crippen LogP contribution in [0.5, 0.6) is 0 Å². The molecule has 5 nitrogen and oxygen atoms in total. The number of carbonyl (C=O) groups excluding carboxylic acids is 1. The molecule has 1 rings (SSSR count). The van der Waals surface area contributed by atoms with Gasteiger partial charge in [0.1, 0.15) is 6.04 Å². The molecule has 1 fully saturated rings. The van der Waals surface area contributed by atoms with Crippen molar-refractivity contribution < 1.29 is 19.4 Å². The quantitative estimate of drug-likeness (QED) is 0.731. The Hall–Kier alpha value is -1.10. The van der Waals surface area contributed by atoms with E-state index in [4.69, 9.17) is 4.74 Å². The zero-order chi connectivity index (χ0) is 13.5. The summed E-state index contributed by atoms with van der Waals surface area (Å²) in [5, 5.41) is 9.18.